The third kappa shape index (κ3) is 5.16. The molecule has 0 spiro atoms. The zero-order chi connectivity index (χ0) is 24.8. The molecule has 1 saturated heterocycles. The number of hydrogen-bond acceptors (Lipinski definition) is 14. The zero-order valence-electron chi connectivity index (χ0n) is 17.2. The summed E-state index contributed by atoms with van der Waals surface area (Å²) < 4.78 is 44.5. The number of phosphoric ester groups is 2. The van der Waals surface area contributed by atoms with Crippen LogP contribution in [-0.4, -0.2) is 93.0 Å². The second kappa shape index (κ2) is 9.46. The van der Waals surface area contributed by atoms with Gasteiger partial charge in [0, 0.05) is 0 Å². The van der Waals surface area contributed by atoms with Crippen molar-refractivity contribution in [3.8, 4) is 0 Å². The van der Waals surface area contributed by atoms with Crippen LogP contribution in [0, 0.1) is 0 Å². The quantitative estimate of drug-likeness (QED) is 0.186. The van der Waals surface area contributed by atoms with Gasteiger partial charge in [0.05, 0.1) is 25.1 Å². The first-order valence-corrected chi connectivity index (χ1v) is 12.9. The molecule has 1 saturated carbocycles. The lowest BCUT2D eigenvalue weighted by molar-refractivity contribution is -0.0509. The molecule has 17 nitrogen and oxygen atoms in total. The molecule has 4 rings (SSSR count). The van der Waals surface area contributed by atoms with Crippen LogP contribution >= 0.6 is 15.6 Å². The van der Waals surface area contributed by atoms with E-state index >= 15 is 0 Å². The summed E-state index contributed by atoms with van der Waals surface area (Å²) in [4.78, 5) is 31.4. The maximum atomic E-state index is 12.2. The number of nitrogens with zero attached hydrogens (tertiary/aromatic N) is 4. The summed E-state index contributed by atoms with van der Waals surface area (Å²) in [5, 5.41) is 39.8. The molecule has 2 aromatic rings. The smallest absolute Gasteiger partial charge is 0.390 e. The van der Waals surface area contributed by atoms with Gasteiger partial charge in [-0.3, -0.25) is 13.6 Å². The van der Waals surface area contributed by atoms with Crippen molar-refractivity contribution < 1.29 is 57.4 Å². The number of aliphatic hydroxyl groups is 4. The van der Waals surface area contributed by atoms with Gasteiger partial charge in [0.25, 0.3) is 0 Å². The summed E-state index contributed by atoms with van der Waals surface area (Å²) in [6, 6.07) is 0. The highest BCUT2D eigenvalue weighted by atomic mass is 31.3. The molecule has 0 radical (unpaired) electrons. The zero-order valence-corrected chi connectivity index (χ0v) is 19.0. The van der Waals surface area contributed by atoms with Crippen molar-refractivity contribution in [2.75, 3.05) is 12.3 Å². The molecule has 5 unspecified atom stereocenters. The monoisotopic (exact) mass is 527 g/mol. The fraction of sp³-hybridized carbons (Fsp3) is 0.667. The van der Waals surface area contributed by atoms with Crippen LogP contribution < -0.4 is 5.73 Å². The summed E-state index contributed by atoms with van der Waals surface area (Å²) in [6.45, 7) is -0.836. The minimum atomic E-state index is -5.24. The predicted molar refractivity (Wildman–Crippen MR) is 108 cm³/mol. The minimum absolute atomic E-state index is 0.00765. The third-order valence-corrected chi connectivity index (χ3v) is 8.06. The number of ether oxygens (including phenoxy) is 1. The molecule has 3 heterocycles. The van der Waals surface area contributed by atoms with Crippen LogP contribution in [0.2, 0.25) is 0 Å². The summed E-state index contributed by atoms with van der Waals surface area (Å²) in [5.41, 5.74) is 6.13. The van der Waals surface area contributed by atoms with Crippen LogP contribution in [0.15, 0.2) is 12.7 Å². The van der Waals surface area contributed by atoms with Gasteiger partial charge in [0.1, 0.15) is 36.3 Å². The van der Waals surface area contributed by atoms with Gasteiger partial charge in [-0.25, -0.2) is 24.1 Å². The molecule has 190 valence electrons. The molecule has 2 aliphatic rings. The Morgan fingerprint density at radius 3 is 2.47 bits per heavy atom. The van der Waals surface area contributed by atoms with E-state index in [9.17, 15) is 39.3 Å². The molecular weight excluding hydrogens is 504 g/mol. The Labute approximate surface area is 190 Å². The van der Waals surface area contributed by atoms with Crippen molar-refractivity contribution in [3.63, 3.8) is 0 Å². The second-order valence-electron chi connectivity index (χ2n) is 7.72. The van der Waals surface area contributed by atoms with Crippen molar-refractivity contribution in [2.24, 2.45) is 0 Å². The number of fused-ring (bicyclic) bond motifs is 1. The normalized spacial score (nSPS) is 35.4. The number of phosphoric acid groups is 2. The van der Waals surface area contributed by atoms with Gasteiger partial charge in [-0.15, -0.1) is 0 Å². The minimum Gasteiger partial charge on any atom is -0.390 e. The Kier molecular flexibility index (Phi) is 7.10. The number of anilines is 1. The van der Waals surface area contributed by atoms with E-state index in [4.69, 9.17) is 10.5 Å². The molecule has 0 aromatic carbocycles. The molecule has 2 aromatic heterocycles. The number of hydrogen-bond donors (Lipinski definition) is 7. The number of aliphatic hydroxyl groups excluding tert-OH is 4. The summed E-state index contributed by atoms with van der Waals surface area (Å²) >= 11 is 0. The first kappa shape index (κ1) is 25.5. The van der Waals surface area contributed by atoms with Gasteiger partial charge in [-0.05, 0) is 12.8 Å². The number of rotatable bonds is 8. The first-order valence-electron chi connectivity index (χ1n) is 9.89. The molecule has 8 N–H and O–H groups in total. The van der Waals surface area contributed by atoms with Crippen LogP contribution in [0.3, 0.4) is 0 Å². The lowest BCUT2D eigenvalue weighted by Crippen LogP contribution is -2.33. The van der Waals surface area contributed by atoms with Gasteiger partial charge < -0.3 is 40.7 Å². The van der Waals surface area contributed by atoms with Crippen LogP contribution in [0.1, 0.15) is 19.1 Å². The number of aromatic nitrogens is 4. The molecule has 1 aliphatic carbocycles. The maximum absolute atomic E-state index is 12.2. The van der Waals surface area contributed by atoms with Gasteiger partial charge in [0.2, 0.25) is 0 Å². The fourth-order valence-electron chi connectivity index (χ4n) is 3.70. The van der Waals surface area contributed by atoms with E-state index in [2.05, 4.69) is 28.3 Å². The Balaban J connectivity index is 1.38. The van der Waals surface area contributed by atoms with Crippen LogP contribution in [0.25, 0.3) is 11.2 Å². The van der Waals surface area contributed by atoms with Crippen molar-refractivity contribution in [3.05, 3.63) is 12.7 Å². The van der Waals surface area contributed by atoms with E-state index in [1.54, 1.807) is 0 Å². The van der Waals surface area contributed by atoms with Crippen LogP contribution in [0.5, 0.6) is 0 Å². The SMILES string of the molecule is Nc1ncnc2c1ncn2[C@@H]1O[C@H](COP(=O)(O)OP(=O)(O)O[C@H]2CCC(O)[C@H]2O)C(O)C1O. The van der Waals surface area contributed by atoms with Gasteiger partial charge in [-0.2, -0.15) is 4.31 Å². The topological polar surface area (TPSA) is 262 Å². The third-order valence-electron chi connectivity index (χ3n) is 5.40. The Morgan fingerprint density at radius 1 is 1.06 bits per heavy atom. The Bertz CT molecular complexity index is 1130. The summed E-state index contributed by atoms with van der Waals surface area (Å²) in [5.74, 6) is 0.0744. The summed E-state index contributed by atoms with van der Waals surface area (Å²) in [7, 11) is -10.4. The lowest BCUT2D eigenvalue weighted by atomic mass is 10.1. The molecule has 9 atom stereocenters. The number of nitrogens with two attached hydrogens (primary N) is 1. The second-order valence-corrected chi connectivity index (χ2v) is 10.7. The Morgan fingerprint density at radius 2 is 1.79 bits per heavy atom. The van der Waals surface area contributed by atoms with Crippen molar-refractivity contribution in [1.82, 2.24) is 19.5 Å². The van der Waals surface area contributed by atoms with Crippen molar-refractivity contribution in [2.45, 2.75) is 55.7 Å². The average Bonchev–Trinajstić information content (AvgIpc) is 3.39. The standard InChI is InChI=1S/C15H23N5O12P2/c16-13-9-14(18-4-17-13)20(5-19-9)15-12(24)11(23)8(30-15)3-29-33(25,26)32-34(27,28)31-7-2-1-6(21)10(7)22/h4-8,10-12,15,21-24H,1-3H2,(H,25,26)(H,27,28)(H2,16,17,18)/t6?,7-,8+,10+,11?,12?,15+/m0/s1. The van der Waals surface area contributed by atoms with E-state index in [1.165, 1.54) is 10.9 Å². The number of imidazole rings is 1. The highest BCUT2D eigenvalue weighted by Gasteiger charge is 2.47. The van der Waals surface area contributed by atoms with Crippen molar-refractivity contribution in [1.29, 1.82) is 0 Å². The maximum Gasteiger partial charge on any atom is 0.481 e. The van der Waals surface area contributed by atoms with Gasteiger partial charge in [-0.1, -0.05) is 0 Å². The highest BCUT2D eigenvalue weighted by Crippen LogP contribution is 2.61. The Hall–Kier alpha value is -1.59. The highest BCUT2D eigenvalue weighted by molar-refractivity contribution is 7.61. The van der Waals surface area contributed by atoms with Crippen molar-refractivity contribution >= 4 is 32.6 Å². The van der Waals surface area contributed by atoms with Crippen LogP contribution in [0.4, 0.5) is 5.82 Å². The largest absolute Gasteiger partial charge is 0.481 e. The molecule has 19 heteroatoms. The first-order chi connectivity index (χ1) is 15.9. The van der Waals surface area contributed by atoms with Gasteiger partial charge >= 0.3 is 15.6 Å². The van der Waals surface area contributed by atoms with E-state index in [0.29, 0.717) is 0 Å². The van der Waals surface area contributed by atoms with E-state index in [1.807, 2.05) is 0 Å². The molecule has 34 heavy (non-hydrogen) atoms. The van der Waals surface area contributed by atoms with Crippen LogP contribution in [-0.2, 0) is 27.2 Å². The molecule has 1 aliphatic heterocycles. The molecular formula is C15H23N5O12P2. The lowest BCUT2D eigenvalue weighted by Gasteiger charge is -2.22. The number of nitrogen functional groups attached to an aromatic ring is 1. The summed E-state index contributed by atoms with van der Waals surface area (Å²) in [6.07, 6.45) is -7.21. The molecule has 0 amide bonds. The van der Waals surface area contributed by atoms with E-state index in [-0.39, 0.29) is 29.8 Å². The predicted octanol–water partition coefficient (Wildman–Crippen LogP) is -1.84. The molecule has 2 fully saturated rings. The molecule has 0 bridgehead atoms. The van der Waals surface area contributed by atoms with E-state index < -0.39 is 65.1 Å². The fourth-order valence-corrected chi connectivity index (χ4v) is 6.00. The van der Waals surface area contributed by atoms with E-state index in [0.717, 1.165) is 6.33 Å². The van der Waals surface area contributed by atoms with Gasteiger partial charge in [0.15, 0.2) is 17.7 Å². The average molecular weight is 527 g/mol.